The van der Waals surface area contributed by atoms with Crippen molar-refractivity contribution in [3.63, 3.8) is 0 Å². The number of anilines is 1. The van der Waals surface area contributed by atoms with E-state index in [1.165, 1.54) is 12.5 Å². The van der Waals surface area contributed by atoms with Crippen LogP contribution in [0.1, 0.15) is 48.1 Å². The zero-order valence-corrected chi connectivity index (χ0v) is 27.3. The number of aryl methyl sites for hydroxylation is 1. The molecule has 9 nitrogen and oxygen atoms in total. The van der Waals surface area contributed by atoms with Crippen LogP contribution in [-0.4, -0.2) is 62.6 Å². The largest absolute Gasteiger partial charge is 0.493 e. The lowest BCUT2D eigenvalue weighted by molar-refractivity contribution is -0.133. The van der Waals surface area contributed by atoms with Crippen LogP contribution in [0.25, 0.3) is 11.1 Å². The van der Waals surface area contributed by atoms with Crippen LogP contribution >= 0.6 is 11.8 Å². The molecule has 5 rings (SSSR count). The number of methoxy groups -OCH3 is 3. The number of fused-ring (bicyclic) bond motifs is 4. The van der Waals surface area contributed by atoms with Gasteiger partial charge in [-0.15, -0.1) is 0 Å². The maximum Gasteiger partial charge on any atom is 0.245 e. The van der Waals surface area contributed by atoms with Crippen LogP contribution in [0.15, 0.2) is 53.3 Å². The van der Waals surface area contributed by atoms with Gasteiger partial charge in [0.05, 0.1) is 33.1 Å². The summed E-state index contributed by atoms with van der Waals surface area (Å²) in [7, 11) is 4.71. The van der Waals surface area contributed by atoms with E-state index in [2.05, 4.69) is 22.8 Å². The van der Waals surface area contributed by atoms with Crippen molar-refractivity contribution in [2.24, 2.45) is 0 Å². The Labute approximate surface area is 268 Å². The first kappa shape index (κ1) is 32.2. The highest BCUT2D eigenvalue weighted by molar-refractivity contribution is 7.98. The van der Waals surface area contributed by atoms with Gasteiger partial charge in [0.15, 0.2) is 11.5 Å². The van der Waals surface area contributed by atoms with E-state index in [9.17, 15) is 14.4 Å². The third-order valence-corrected chi connectivity index (χ3v) is 9.24. The minimum absolute atomic E-state index is 0.0222. The lowest BCUT2D eigenvalue weighted by Crippen LogP contribution is -2.45. The van der Waals surface area contributed by atoms with Crippen molar-refractivity contribution in [1.29, 1.82) is 0 Å². The van der Waals surface area contributed by atoms with Crippen molar-refractivity contribution in [2.75, 3.05) is 45.2 Å². The second-order valence-corrected chi connectivity index (χ2v) is 12.3. The van der Waals surface area contributed by atoms with E-state index in [0.717, 1.165) is 34.4 Å². The fourth-order valence-electron chi connectivity index (χ4n) is 6.41. The summed E-state index contributed by atoms with van der Waals surface area (Å²) in [6.07, 6.45) is 4.55. The fraction of sp³-hybridized carbons (Fsp3) is 0.400. The van der Waals surface area contributed by atoms with Crippen LogP contribution in [0.4, 0.5) is 5.69 Å². The van der Waals surface area contributed by atoms with Crippen molar-refractivity contribution in [1.82, 2.24) is 10.2 Å². The average Bonchev–Trinajstić information content (AvgIpc) is 3.29. The Balaban J connectivity index is 1.58. The minimum atomic E-state index is -0.574. The van der Waals surface area contributed by atoms with Gasteiger partial charge in [-0.05, 0) is 83.7 Å². The first-order valence-corrected chi connectivity index (χ1v) is 16.6. The third kappa shape index (κ3) is 6.76. The maximum absolute atomic E-state index is 13.9. The van der Waals surface area contributed by atoms with E-state index in [4.69, 9.17) is 14.2 Å². The van der Waals surface area contributed by atoms with E-state index < -0.39 is 12.1 Å². The van der Waals surface area contributed by atoms with Gasteiger partial charge in [-0.3, -0.25) is 14.4 Å². The summed E-state index contributed by atoms with van der Waals surface area (Å²) in [6.45, 7) is 2.65. The van der Waals surface area contributed by atoms with Crippen molar-refractivity contribution < 1.29 is 23.8 Å². The number of nitrogens with one attached hydrogen (secondary N) is 2. The molecule has 2 amide bonds. The molecule has 0 saturated carbocycles. The molecule has 0 unspecified atom stereocenters. The molecule has 1 aliphatic carbocycles. The minimum Gasteiger partial charge on any atom is -0.493 e. The number of amides is 2. The Morgan fingerprint density at radius 1 is 0.978 bits per heavy atom. The highest BCUT2D eigenvalue weighted by Crippen LogP contribution is 2.50. The normalized spacial score (nSPS) is 15.8. The summed E-state index contributed by atoms with van der Waals surface area (Å²) in [5.41, 5.74) is 5.63. The van der Waals surface area contributed by atoms with Gasteiger partial charge in [0.2, 0.25) is 23.0 Å². The van der Waals surface area contributed by atoms with E-state index in [0.29, 0.717) is 60.9 Å². The Morgan fingerprint density at radius 3 is 2.42 bits per heavy atom. The molecule has 0 bridgehead atoms. The highest BCUT2D eigenvalue weighted by atomic mass is 32.2. The van der Waals surface area contributed by atoms with Crippen LogP contribution in [-0.2, 0) is 29.0 Å². The lowest BCUT2D eigenvalue weighted by Gasteiger charge is -2.32. The van der Waals surface area contributed by atoms with E-state index >= 15 is 0 Å². The monoisotopic (exact) mass is 631 g/mol. The maximum atomic E-state index is 13.9. The molecule has 1 heterocycles. The van der Waals surface area contributed by atoms with Gasteiger partial charge in [0, 0.05) is 25.6 Å². The van der Waals surface area contributed by atoms with Crippen molar-refractivity contribution in [2.45, 2.75) is 51.2 Å². The second-order valence-electron chi connectivity index (χ2n) is 11.4. The molecule has 0 fully saturated rings. The lowest BCUT2D eigenvalue weighted by atomic mass is 9.95. The third-order valence-electron chi connectivity index (χ3n) is 8.60. The predicted octanol–water partition coefficient (Wildman–Crippen LogP) is 4.98. The summed E-state index contributed by atoms with van der Waals surface area (Å²) in [5, 5.41) is 6.37. The first-order chi connectivity index (χ1) is 21.8. The van der Waals surface area contributed by atoms with Gasteiger partial charge >= 0.3 is 0 Å². The Hall–Kier alpha value is -4.18. The molecule has 238 valence electrons. The molecule has 0 radical (unpaired) electrons. The summed E-state index contributed by atoms with van der Waals surface area (Å²) < 4.78 is 17.2. The molecular weight excluding hydrogens is 590 g/mol. The van der Waals surface area contributed by atoms with Gasteiger partial charge in [-0.1, -0.05) is 30.3 Å². The average molecular weight is 632 g/mol. The Bertz CT molecular complexity index is 1640. The standard InChI is InChI=1S/C35H41N3O6S/c1-21(39)36-27-12-10-23-18-31(42-2)33(43-3)34(44-4)32(23)25-11-13-28(30(40)19-26(25)27)37-29(15-17-45-5)35(41)38-16-14-22-8-6-7-9-24(22)20-38/h6-9,11,13,18-19,27,29H,10,12,14-17,20H2,1-5H3,(H,36,39)(H,37,40)/t27-,29-/m0/s1. The zero-order valence-electron chi connectivity index (χ0n) is 26.5. The van der Waals surface area contributed by atoms with E-state index in [1.54, 1.807) is 45.2 Å². The Kier molecular flexibility index (Phi) is 10.2. The molecule has 0 spiro atoms. The molecule has 45 heavy (non-hydrogen) atoms. The van der Waals surface area contributed by atoms with Crippen LogP contribution in [0.2, 0.25) is 0 Å². The van der Waals surface area contributed by atoms with E-state index in [1.807, 2.05) is 35.4 Å². The van der Waals surface area contributed by atoms with Gasteiger partial charge in [0.25, 0.3) is 0 Å². The second kappa shape index (κ2) is 14.3. The molecule has 3 aromatic rings. The topological polar surface area (TPSA) is 106 Å². The van der Waals surface area contributed by atoms with E-state index in [-0.39, 0.29) is 17.2 Å². The molecule has 2 aliphatic rings. The molecule has 10 heteroatoms. The molecule has 0 saturated heterocycles. The number of thioether (sulfide) groups is 1. The van der Waals surface area contributed by atoms with Gasteiger partial charge in [0.1, 0.15) is 6.04 Å². The van der Waals surface area contributed by atoms with Crippen LogP contribution in [0.5, 0.6) is 17.2 Å². The number of nitrogens with zero attached hydrogens (tertiary/aromatic N) is 1. The molecule has 2 N–H and O–H groups in total. The number of hydrogen-bond acceptors (Lipinski definition) is 8. The van der Waals surface area contributed by atoms with Gasteiger partial charge < -0.3 is 29.7 Å². The highest BCUT2D eigenvalue weighted by Gasteiger charge is 2.31. The number of carbonyl (C=O) groups excluding carboxylic acids is 2. The van der Waals surface area contributed by atoms with Gasteiger partial charge in [-0.2, -0.15) is 11.8 Å². The van der Waals surface area contributed by atoms with Gasteiger partial charge in [-0.25, -0.2) is 0 Å². The number of ether oxygens (including phenoxy) is 3. The van der Waals surface area contributed by atoms with Crippen molar-refractivity contribution in [3.8, 4) is 28.4 Å². The zero-order chi connectivity index (χ0) is 32.1. The van der Waals surface area contributed by atoms with Crippen LogP contribution in [0, 0.1) is 0 Å². The summed E-state index contributed by atoms with van der Waals surface area (Å²) in [4.78, 5) is 42.0. The Morgan fingerprint density at radius 2 is 1.73 bits per heavy atom. The molecule has 1 aliphatic heterocycles. The molecule has 3 aromatic carbocycles. The van der Waals surface area contributed by atoms with Crippen LogP contribution < -0.4 is 30.3 Å². The summed E-state index contributed by atoms with van der Waals surface area (Å²) in [6, 6.07) is 14.3. The number of hydrogen-bond donors (Lipinski definition) is 2. The van der Waals surface area contributed by atoms with Crippen molar-refractivity contribution in [3.05, 3.63) is 81.0 Å². The molecule has 0 aromatic heterocycles. The SMILES string of the molecule is COc1cc2c(c(OC)c1OC)-c1ccc(N[C@@H](CCSC)C(=O)N3CCc4ccccc4C3)c(=O)cc1[C@@H](NC(C)=O)CC2. The smallest absolute Gasteiger partial charge is 0.245 e. The fourth-order valence-corrected chi connectivity index (χ4v) is 6.88. The van der Waals surface area contributed by atoms with Crippen molar-refractivity contribution >= 4 is 29.3 Å². The number of carbonyl (C=O) groups is 2. The number of benzene rings is 2. The van der Waals surface area contributed by atoms with Crippen LogP contribution in [0.3, 0.4) is 0 Å². The number of rotatable bonds is 10. The first-order valence-electron chi connectivity index (χ1n) is 15.2. The summed E-state index contributed by atoms with van der Waals surface area (Å²) >= 11 is 1.66. The quantitative estimate of drug-likeness (QED) is 0.323. The molecule has 2 atom stereocenters. The summed E-state index contributed by atoms with van der Waals surface area (Å²) in [5.74, 6) is 2.01. The predicted molar refractivity (Wildman–Crippen MR) is 179 cm³/mol. The molecular formula is C35H41N3O6S.